The van der Waals surface area contributed by atoms with Gasteiger partial charge in [-0.25, -0.2) is 0 Å². The molecule has 2 fully saturated rings. The molecule has 0 spiro atoms. The summed E-state index contributed by atoms with van der Waals surface area (Å²) in [5, 5.41) is 71.7. The molecular weight excluding hydrogens is 536 g/mol. The van der Waals surface area contributed by atoms with Crippen LogP contribution in [-0.2, 0) is 18.9 Å². The Morgan fingerprint density at radius 1 is 0.634 bits per heavy atom. The molecule has 11 nitrogen and oxygen atoms in total. The number of hydrogen-bond donors (Lipinski definition) is 7. The number of rotatable bonds is 19. The molecule has 0 amide bonds. The summed E-state index contributed by atoms with van der Waals surface area (Å²) in [6.45, 7) is 3.06. The van der Waals surface area contributed by atoms with Crippen molar-refractivity contribution in [2.24, 2.45) is 0 Å². The molecule has 240 valence electrons. The van der Waals surface area contributed by atoms with Gasteiger partial charge in [0.15, 0.2) is 12.6 Å². The molecule has 0 bridgehead atoms. The van der Waals surface area contributed by atoms with Gasteiger partial charge in [0.2, 0.25) is 0 Å². The average Bonchev–Trinajstić information content (AvgIpc) is 2.97. The predicted molar refractivity (Wildman–Crippen MR) is 152 cm³/mol. The van der Waals surface area contributed by atoms with Gasteiger partial charge in [-0.15, -0.1) is 0 Å². The molecule has 11 atom stereocenters. The Bertz CT molecular complexity index is 733. The highest BCUT2D eigenvalue weighted by Gasteiger charge is 2.50. The number of hydrogen-bond acceptors (Lipinski definition) is 11. The Labute approximate surface area is 244 Å². The van der Waals surface area contributed by atoms with Crippen molar-refractivity contribution in [1.82, 2.24) is 0 Å². The van der Waals surface area contributed by atoms with Gasteiger partial charge in [-0.1, -0.05) is 70.3 Å². The summed E-state index contributed by atoms with van der Waals surface area (Å²) in [6.07, 6.45) is 4.61. The second-order valence-corrected chi connectivity index (χ2v) is 11.0. The fraction of sp³-hybridized carbons (Fsp3) is 0.867. The number of ether oxygens (including phenoxy) is 4. The summed E-state index contributed by atoms with van der Waals surface area (Å²) >= 11 is 0. The van der Waals surface area contributed by atoms with E-state index in [1.807, 2.05) is 0 Å². The largest absolute Gasteiger partial charge is 0.394 e. The lowest BCUT2D eigenvalue weighted by molar-refractivity contribution is -0.380. The minimum Gasteiger partial charge on any atom is -0.394 e. The van der Waals surface area contributed by atoms with E-state index in [9.17, 15) is 35.7 Å². The molecule has 2 aliphatic rings. The summed E-state index contributed by atoms with van der Waals surface area (Å²) in [6, 6.07) is 0. The van der Waals surface area contributed by atoms with Crippen LogP contribution in [0.5, 0.6) is 0 Å². The van der Waals surface area contributed by atoms with Crippen molar-refractivity contribution in [3.8, 4) is 0 Å². The number of unbranched alkanes of at least 4 members (excludes halogenated alkanes) is 5. The summed E-state index contributed by atoms with van der Waals surface area (Å²) < 4.78 is 22.8. The normalized spacial score (nSPS) is 35.4. The van der Waals surface area contributed by atoms with Crippen LogP contribution >= 0.6 is 0 Å². The zero-order valence-electron chi connectivity index (χ0n) is 24.6. The lowest BCUT2D eigenvalue weighted by Gasteiger charge is -2.46. The first-order chi connectivity index (χ1) is 19.8. The summed E-state index contributed by atoms with van der Waals surface area (Å²) in [5.41, 5.74) is 0. The third-order valence-corrected chi connectivity index (χ3v) is 7.65. The molecule has 1 unspecified atom stereocenters. The van der Waals surface area contributed by atoms with Gasteiger partial charge in [-0.2, -0.15) is 0 Å². The highest BCUT2D eigenvalue weighted by molar-refractivity contribution is 4.95. The van der Waals surface area contributed by atoms with Gasteiger partial charge in [0, 0.05) is 0 Å². The van der Waals surface area contributed by atoms with Crippen molar-refractivity contribution in [1.29, 1.82) is 0 Å². The number of allylic oxidation sites excluding steroid dienone is 4. The maximum Gasteiger partial charge on any atom is 0.189 e. The molecule has 2 rings (SSSR count). The van der Waals surface area contributed by atoms with E-state index in [1.54, 1.807) is 0 Å². The lowest BCUT2D eigenvalue weighted by Crippen LogP contribution is -2.64. The lowest BCUT2D eigenvalue weighted by atomic mass is 9.97. The Morgan fingerprint density at radius 2 is 1.22 bits per heavy atom. The average molecular weight is 591 g/mol. The van der Waals surface area contributed by atoms with Crippen LogP contribution in [0, 0.1) is 0 Å². The fourth-order valence-electron chi connectivity index (χ4n) is 5.06. The van der Waals surface area contributed by atoms with Gasteiger partial charge in [0.25, 0.3) is 0 Å². The third kappa shape index (κ3) is 11.6. The Hall–Kier alpha value is -0.960. The van der Waals surface area contributed by atoms with Crippen LogP contribution in [0.15, 0.2) is 24.3 Å². The maximum atomic E-state index is 11.1. The van der Waals surface area contributed by atoms with Gasteiger partial charge in [-0.05, 0) is 38.5 Å². The second kappa shape index (κ2) is 20.1. The highest BCUT2D eigenvalue weighted by atomic mass is 16.8. The van der Waals surface area contributed by atoms with E-state index < -0.39 is 74.6 Å². The molecule has 11 heteroatoms. The van der Waals surface area contributed by atoms with Gasteiger partial charge in [0.1, 0.15) is 48.8 Å². The SMILES string of the molecule is CCCCCC=CCC=CCCC(CCCCC)O[C@@H]1[C@@H](O)[C@@H](O[C@H]2O[C@H](CO)[C@@H](O)[C@H](O)[C@H]2O)O[C@H](CO)[C@H]1O. The van der Waals surface area contributed by atoms with Gasteiger partial charge in [0.05, 0.1) is 19.3 Å². The molecule has 0 aromatic carbocycles. The van der Waals surface area contributed by atoms with E-state index in [4.69, 9.17) is 18.9 Å². The van der Waals surface area contributed by atoms with Crippen molar-refractivity contribution < 1.29 is 54.7 Å². The summed E-state index contributed by atoms with van der Waals surface area (Å²) in [7, 11) is 0. The number of aliphatic hydroxyl groups excluding tert-OH is 7. The number of aliphatic hydroxyl groups is 7. The molecule has 0 aliphatic carbocycles. The molecular formula is C30H54O11. The van der Waals surface area contributed by atoms with Crippen LogP contribution in [0.25, 0.3) is 0 Å². The van der Waals surface area contributed by atoms with E-state index in [1.165, 1.54) is 19.3 Å². The molecule has 2 saturated heterocycles. The van der Waals surface area contributed by atoms with Crippen LogP contribution in [-0.4, -0.2) is 116 Å². The van der Waals surface area contributed by atoms with Crippen molar-refractivity contribution in [2.45, 2.75) is 152 Å². The van der Waals surface area contributed by atoms with Crippen LogP contribution in [0.4, 0.5) is 0 Å². The van der Waals surface area contributed by atoms with E-state index in [2.05, 4.69) is 38.2 Å². The van der Waals surface area contributed by atoms with Crippen LogP contribution in [0.1, 0.15) is 84.5 Å². The smallest absolute Gasteiger partial charge is 0.189 e. The van der Waals surface area contributed by atoms with Crippen molar-refractivity contribution >= 4 is 0 Å². The van der Waals surface area contributed by atoms with Gasteiger partial charge >= 0.3 is 0 Å². The molecule has 41 heavy (non-hydrogen) atoms. The first-order valence-corrected chi connectivity index (χ1v) is 15.3. The van der Waals surface area contributed by atoms with E-state index in [0.29, 0.717) is 6.42 Å². The standard InChI is InChI=1S/C30H54O11/c1-3-5-7-8-9-10-11-12-13-15-17-20(16-14-6-4-2)38-28-24(34)22(19-32)40-30(27(28)37)41-29-26(36)25(35)23(33)21(18-31)39-29/h9-10,12-13,20-37H,3-8,11,14-19H2,1-2H3/t20?,21-,22-,23-,24-,25+,26-,27-,28+,29-,30-/m1/s1. The van der Waals surface area contributed by atoms with Crippen molar-refractivity contribution in [3.63, 3.8) is 0 Å². The third-order valence-electron chi connectivity index (χ3n) is 7.65. The minimum absolute atomic E-state index is 0.282. The zero-order chi connectivity index (χ0) is 30.2. The topological polar surface area (TPSA) is 179 Å². The van der Waals surface area contributed by atoms with Gasteiger partial charge < -0.3 is 54.7 Å². The van der Waals surface area contributed by atoms with Crippen molar-refractivity contribution in [2.75, 3.05) is 13.2 Å². The Kier molecular flexibility index (Phi) is 17.7. The highest BCUT2D eigenvalue weighted by Crippen LogP contribution is 2.30. The molecule has 0 aromatic rings. The molecule has 0 radical (unpaired) electrons. The van der Waals surface area contributed by atoms with Crippen LogP contribution < -0.4 is 0 Å². The zero-order valence-corrected chi connectivity index (χ0v) is 24.6. The summed E-state index contributed by atoms with van der Waals surface area (Å²) in [5.74, 6) is 0. The van der Waals surface area contributed by atoms with E-state index >= 15 is 0 Å². The summed E-state index contributed by atoms with van der Waals surface area (Å²) in [4.78, 5) is 0. The minimum atomic E-state index is -1.71. The monoisotopic (exact) mass is 590 g/mol. The van der Waals surface area contributed by atoms with E-state index in [-0.39, 0.29) is 6.10 Å². The predicted octanol–water partition coefficient (Wildman–Crippen LogP) is 1.44. The van der Waals surface area contributed by atoms with Crippen LogP contribution in [0.3, 0.4) is 0 Å². The molecule has 0 aromatic heterocycles. The molecule has 2 heterocycles. The Morgan fingerprint density at radius 3 is 1.85 bits per heavy atom. The first-order valence-electron chi connectivity index (χ1n) is 15.3. The molecule has 7 N–H and O–H groups in total. The Balaban J connectivity index is 2.02. The quantitative estimate of drug-likeness (QED) is 0.0855. The maximum absolute atomic E-state index is 11.1. The van der Waals surface area contributed by atoms with Gasteiger partial charge in [-0.3, -0.25) is 0 Å². The van der Waals surface area contributed by atoms with E-state index in [0.717, 1.165) is 44.9 Å². The fourth-order valence-corrected chi connectivity index (χ4v) is 5.06. The molecule has 2 aliphatic heterocycles. The first kappa shape index (κ1) is 36.2. The second-order valence-electron chi connectivity index (χ2n) is 11.0. The van der Waals surface area contributed by atoms with Crippen molar-refractivity contribution in [3.05, 3.63) is 24.3 Å². The van der Waals surface area contributed by atoms with Crippen LogP contribution in [0.2, 0.25) is 0 Å². The molecule has 0 saturated carbocycles.